The first kappa shape index (κ1) is 14.2. The summed E-state index contributed by atoms with van der Waals surface area (Å²) in [5.74, 6) is -0.914. The second kappa shape index (κ2) is 4.25. The molecule has 1 unspecified atom stereocenters. The van der Waals surface area contributed by atoms with Gasteiger partial charge in [0.2, 0.25) is 11.8 Å². The molecule has 2 bridgehead atoms. The molecule has 0 saturated carbocycles. The zero-order valence-electron chi connectivity index (χ0n) is 13.8. The maximum atomic E-state index is 13.1. The Kier molecular flexibility index (Phi) is 2.51. The Morgan fingerprint density at radius 3 is 2.12 bits per heavy atom. The van der Waals surface area contributed by atoms with Gasteiger partial charge in [-0.15, -0.1) is 0 Å². The Balaban J connectivity index is 1.62. The summed E-state index contributed by atoms with van der Waals surface area (Å²) in [7, 11) is 0. The number of ether oxygens (including phenoxy) is 1. The van der Waals surface area contributed by atoms with Crippen LogP contribution >= 0.6 is 0 Å². The number of amides is 2. The Bertz CT molecular complexity index is 873. The van der Waals surface area contributed by atoms with Crippen LogP contribution in [0.1, 0.15) is 26.7 Å². The largest absolute Gasteiger partial charge is 0.367 e. The fourth-order valence-electron chi connectivity index (χ4n) is 5.04. The molecule has 0 aliphatic carbocycles. The van der Waals surface area contributed by atoms with E-state index in [4.69, 9.17) is 4.74 Å². The number of hydrogen-bond donors (Lipinski definition) is 0. The smallest absolute Gasteiger partial charge is 0.240 e. The quantitative estimate of drug-likeness (QED) is 0.757. The van der Waals surface area contributed by atoms with Crippen molar-refractivity contribution in [2.45, 2.75) is 37.9 Å². The molecule has 3 aliphatic heterocycles. The molecule has 3 fully saturated rings. The number of carbonyl (C=O) groups is 2. The van der Waals surface area contributed by atoms with E-state index >= 15 is 0 Å². The monoisotopic (exact) mass is 321 g/mol. The molecule has 0 spiro atoms. The highest BCUT2D eigenvalue weighted by Crippen LogP contribution is 2.60. The first-order chi connectivity index (χ1) is 11.4. The Morgan fingerprint density at radius 1 is 0.917 bits per heavy atom. The Morgan fingerprint density at radius 2 is 1.50 bits per heavy atom. The van der Waals surface area contributed by atoms with E-state index in [1.54, 1.807) is 0 Å². The van der Waals surface area contributed by atoms with Gasteiger partial charge in [-0.3, -0.25) is 9.59 Å². The van der Waals surface area contributed by atoms with Gasteiger partial charge < -0.3 is 4.74 Å². The lowest BCUT2D eigenvalue weighted by atomic mass is 9.69. The maximum Gasteiger partial charge on any atom is 0.240 e. The number of rotatable bonds is 1. The highest BCUT2D eigenvalue weighted by atomic mass is 16.5. The molecule has 3 saturated heterocycles. The molecule has 3 heterocycles. The third kappa shape index (κ3) is 1.57. The van der Waals surface area contributed by atoms with E-state index in [0.29, 0.717) is 5.69 Å². The predicted octanol–water partition coefficient (Wildman–Crippen LogP) is 3.29. The molecule has 122 valence electrons. The third-order valence-corrected chi connectivity index (χ3v) is 6.20. The molecule has 24 heavy (non-hydrogen) atoms. The molecule has 4 atom stereocenters. The zero-order chi connectivity index (χ0) is 16.7. The van der Waals surface area contributed by atoms with Gasteiger partial charge in [-0.2, -0.15) is 0 Å². The van der Waals surface area contributed by atoms with E-state index in [-0.39, 0.29) is 23.7 Å². The number of anilines is 1. The van der Waals surface area contributed by atoms with Crippen molar-refractivity contribution in [3.63, 3.8) is 0 Å². The van der Waals surface area contributed by atoms with Gasteiger partial charge in [-0.25, -0.2) is 4.90 Å². The van der Waals surface area contributed by atoms with E-state index in [0.717, 1.165) is 23.6 Å². The minimum Gasteiger partial charge on any atom is -0.367 e. The fraction of sp³-hybridized carbons (Fsp3) is 0.400. The van der Waals surface area contributed by atoms with Gasteiger partial charge in [0, 0.05) is 0 Å². The minimum absolute atomic E-state index is 0.105. The summed E-state index contributed by atoms with van der Waals surface area (Å²) in [6.07, 6.45) is 1.69. The molecule has 4 heteroatoms. The van der Waals surface area contributed by atoms with Crippen LogP contribution in [-0.4, -0.2) is 23.0 Å². The maximum absolute atomic E-state index is 13.1. The third-order valence-electron chi connectivity index (χ3n) is 6.20. The van der Waals surface area contributed by atoms with Gasteiger partial charge in [-0.05, 0) is 49.6 Å². The number of imide groups is 1. The molecule has 0 N–H and O–H groups in total. The van der Waals surface area contributed by atoms with Gasteiger partial charge >= 0.3 is 0 Å². The molecule has 5 rings (SSSR count). The lowest BCUT2D eigenvalue weighted by molar-refractivity contribution is -0.129. The van der Waals surface area contributed by atoms with Crippen LogP contribution in [0, 0.1) is 11.8 Å². The van der Waals surface area contributed by atoms with Crippen molar-refractivity contribution in [1.29, 1.82) is 0 Å². The predicted molar refractivity (Wildman–Crippen MR) is 90.6 cm³/mol. The summed E-state index contributed by atoms with van der Waals surface area (Å²) in [4.78, 5) is 27.6. The van der Waals surface area contributed by atoms with Crippen LogP contribution in [0.3, 0.4) is 0 Å². The van der Waals surface area contributed by atoms with Gasteiger partial charge in [0.05, 0.1) is 28.7 Å². The van der Waals surface area contributed by atoms with Crippen molar-refractivity contribution in [2.24, 2.45) is 11.8 Å². The minimum atomic E-state index is -0.502. The summed E-state index contributed by atoms with van der Waals surface area (Å²) in [5.41, 5.74) is -0.333. The summed E-state index contributed by atoms with van der Waals surface area (Å²) in [5, 5.41) is 2.13. The first-order valence-electron chi connectivity index (χ1n) is 8.50. The van der Waals surface area contributed by atoms with Crippen LogP contribution in [0.5, 0.6) is 0 Å². The molecule has 2 aromatic rings. The van der Waals surface area contributed by atoms with Crippen molar-refractivity contribution in [2.75, 3.05) is 4.90 Å². The molecule has 3 aliphatic rings. The number of nitrogens with zero attached hydrogens (tertiary/aromatic N) is 1. The molecule has 0 aromatic heterocycles. The van der Waals surface area contributed by atoms with Crippen molar-refractivity contribution >= 4 is 28.3 Å². The average molecular weight is 321 g/mol. The Labute approximate surface area is 140 Å². The summed E-state index contributed by atoms with van der Waals surface area (Å²) in [6.45, 7) is 3.97. The van der Waals surface area contributed by atoms with Crippen LogP contribution in [0.25, 0.3) is 10.8 Å². The highest BCUT2D eigenvalue weighted by molar-refractivity contribution is 6.23. The lowest BCUT2D eigenvalue weighted by Crippen LogP contribution is -2.40. The van der Waals surface area contributed by atoms with E-state index in [2.05, 4.69) is 0 Å². The van der Waals surface area contributed by atoms with Gasteiger partial charge in [0.15, 0.2) is 0 Å². The van der Waals surface area contributed by atoms with Gasteiger partial charge in [0.1, 0.15) is 0 Å². The standard InChI is InChI=1S/C20H19NO3/c1-19-9-10-20(2,24-19)16-15(19)17(22)21(18(16)23)14-8-7-12-5-3-4-6-13(12)11-14/h3-8,11,15-16H,9-10H2,1-2H3/t15-,16+,19-,20?/m1/s1. The molecule has 4 nitrogen and oxygen atoms in total. The SMILES string of the molecule is CC12CC[C@@](C)(O1)[C@H]1C(=O)N(c3ccc4ccccc4c3)C(=O)[C@H]12. The van der Waals surface area contributed by atoms with E-state index in [9.17, 15) is 9.59 Å². The van der Waals surface area contributed by atoms with Crippen LogP contribution < -0.4 is 4.90 Å². The van der Waals surface area contributed by atoms with Crippen molar-refractivity contribution in [3.05, 3.63) is 42.5 Å². The second-order valence-electron chi connectivity index (χ2n) is 7.73. The number of benzene rings is 2. The van der Waals surface area contributed by atoms with E-state index < -0.39 is 11.2 Å². The topological polar surface area (TPSA) is 46.6 Å². The summed E-state index contributed by atoms with van der Waals surface area (Å²) in [6, 6.07) is 13.7. The zero-order valence-corrected chi connectivity index (χ0v) is 13.8. The first-order valence-corrected chi connectivity index (χ1v) is 8.50. The fourth-order valence-corrected chi connectivity index (χ4v) is 5.04. The van der Waals surface area contributed by atoms with E-state index in [1.165, 1.54) is 4.90 Å². The summed E-state index contributed by atoms with van der Waals surface area (Å²) >= 11 is 0. The van der Waals surface area contributed by atoms with Crippen LogP contribution in [0.4, 0.5) is 5.69 Å². The number of fused-ring (bicyclic) bond motifs is 6. The molecular weight excluding hydrogens is 302 g/mol. The molecule has 2 amide bonds. The number of hydrogen-bond acceptors (Lipinski definition) is 3. The lowest BCUT2D eigenvalue weighted by Gasteiger charge is -2.27. The molecule has 0 radical (unpaired) electrons. The van der Waals surface area contributed by atoms with Crippen LogP contribution in [0.15, 0.2) is 42.5 Å². The summed E-state index contributed by atoms with van der Waals surface area (Å²) < 4.78 is 6.14. The average Bonchev–Trinajstić information content (AvgIpc) is 3.11. The Hall–Kier alpha value is -2.20. The number of carbonyl (C=O) groups excluding carboxylic acids is 2. The van der Waals surface area contributed by atoms with Gasteiger partial charge in [-0.1, -0.05) is 30.3 Å². The highest BCUT2D eigenvalue weighted by Gasteiger charge is 2.72. The normalized spacial score (nSPS) is 37.5. The molecular formula is C20H19NO3. The van der Waals surface area contributed by atoms with Crippen molar-refractivity contribution in [3.8, 4) is 0 Å². The van der Waals surface area contributed by atoms with Crippen LogP contribution in [0.2, 0.25) is 0 Å². The van der Waals surface area contributed by atoms with Gasteiger partial charge in [0.25, 0.3) is 0 Å². The van der Waals surface area contributed by atoms with E-state index in [1.807, 2.05) is 56.3 Å². The van der Waals surface area contributed by atoms with Crippen molar-refractivity contribution < 1.29 is 14.3 Å². The van der Waals surface area contributed by atoms with Crippen LogP contribution in [-0.2, 0) is 14.3 Å². The van der Waals surface area contributed by atoms with Crippen molar-refractivity contribution in [1.82, 2.24) is 0 Å². The molecule has 2 aromatic carbocycles. The second-order valence-corrected chi connectivity index (χ2v) is 7.73.